The fourth-order valence-electron chi connectivity index (χ4n) is 3.45. The minimum Gasteiger partial charge on any atom is -0.425 e. The molecule has 1 nitrogen and oxygen atoms in total. The normalized spacial score (nSPS) is 11.6. The van der Waals surface area contributed by atoms with E-state index in [4.69, 9.17) is 0 Å². The molecule has 0 radical (unpaired) electrons. The number of rotatable bonds is 5. The Kier molecular flexibility index (Phi) is 6.27. The average Bonchev–Trinajstić information content (AvgIpc) is 2.79. The van der Waals surface area contributed by atoms with E-state index in [-0.39, 0.29) is 11.1 Å². The molecule has 4 rings (SSSR count). The number of hydrogen-bond acceptors (Lipinski definition) is 1. The van der Waals surface area contributed by atoms with Crippen LogP contribution >= 0.6 is 0 Å². The molecule has 180 valence electrons. The first-order chi connectivity index (χ1) is 16.5. The van der Waals surface area contributed by atoms with Gasteiger partial charge in [0, 0.05) is 5.56 Å². The van der Waals surface area contributed by atoms with Crippen molar-refractivity contribution in [2.24, 2.45) is 0 Å². The molecule has 4 aromatic rings. The highest BCUT2D eigenvalue weighted by Gasteiger charge is 2.42. The lowest BCUT2D eigenvalue weighted by Crippen LogP contribution is -2.26. The Morgan fingerprint density at radius 3 is 1.74 bits per heavy atom. The van der Waals surface area contributed by atoms with Gasteiger partial charge in [-0.05, 0) is 60.0 Å². The van der Waals surface area contributed by atoms with Gasteiger partial charge in [0.25, 0.3) is 0 Å². The minimum absolute atomic E-state index is 0.0207. The lowest BCUT2D eigenvalue weighted by Gasteiger charge is -2.21. The summed E-state index contributed by atoms with van der Waals surface area (Å²) in [4.78, 5) is 0. The lowest BCUT2D eigenvalue weighted by molar-refractivity contribution is -0.191. The third-order valence-corrected chi connectivity index (χ3v) is 5.23. The molecule has 0 saturated heterocycles. The molecule has 0 amide bonds. The van der Waals surface area contributed by atoms with Crippen molar-refractivity contribution in [2.45, 2.75) is 13.0 Å². The fraction of sp³-hybridized carbons (Fsp3) is 0.0769. The van der Waals surface area contributed by atoms with Crippen LogP contribution in [-0.2, 0) is 6.11 Å². The van der Waals surface area contributed by atoms with Gasteiger partial charge >= 0.3 is 6.11 Å². The summed E-state index contributed by atoms with van der Waals surface area (Å²) < 4.78 is 118. The van der Waals surface area contributed by atoms with Crippen LogP contribution in [-0.4, -0.2) is 0 Å². The molecule has 4 aromatic carbocycles. The van der Waals surface area contributed by atoms with Crippen LogP contribution in [0.5, 0.6) is 5.75 Å². The molecule has 0 bridgehead atoms. The maximum atomic E-state index is 14.7. The first kappa shape index (κ1) is 24.3. The molecule has 0 spiro atoms. The quantitative estimate of drug-likeness (QED) is 0.254. The first-order valence-corrected chi connectivity index (χ1v) is 10.0. The monoisotopic (exact) mass is 494 g/mol. The lowest BCUT2D eigenvalue weighted by atomic mass is 10.0. The summed E-state index contributed by atoms with van der Waals surface area (Å²) in [6.07, 6.45) is -4.73. The molecule has 0 atom stereocenters. The number of hydrogen-bond donors (Lipinski definition) is 0. The van der Waals surface area contributed by atoms with Crippen LogP contribution in [0, 0.1) is 41.8 Å². The smallest absolute Gasteiger partial charge is 0.425 e. The second kappa shape index (κ2) is 9.05. The van der Waals surface area contributed by atoms with Crippen LogP contribution < -0.4 is 4.74 Å². The van der Waals surface area contributed by atoms with Crippen LogP contribution in [0.2, 0.25) is 0 Å². The molecule has 0 aliphatic heterocycles. The molecular weight excluding hydrogens is 480 g/mol. The van der Waals surface area contributed by atoms with Crippen molar-refractivity contribution in [3.05, 3.63) is 113 Å². The van der Waals surface area contributed by atoms with E-state index in [9.17, 15) is 35.1 Å². The molecule has 0 N–H and O–H groups in total. The van der Waals surface area contributed by atoms with Crippen LogP contribution in [0.25, 0.3) is 22.3 Å². The predicted octanol–water partition coefficient (Wildman–Crippen LogP) is 8.29. The van der Waals surface area contributed by atoms with Gasteiger partial charge in [0.15, 0.2) is 23.2 Å². The van der Waals surface area contributed by atoms with Gasteiger partial charge < -0.3 is 4.74 Å². The van der Waals surface area contributed by atoms with Gasteiger partial charge in [-0.2, -0.15) is 13.2 Å². The van der Waals surface area contributed by atoms with Crippen molar-refractivity contribution in [3.63, 3.8) is 0 Å². The summed E-state index contributed by atoms with van der Waals surface area (Å²) in [5, 5.41) is 0. The van der Waals surface area contributed by atoms with Crippen LogP contribution in [0.3, 0.4) is 0 Å². The largest absolute Gasteiger partial charge is 0.432 e. The van der Waals surface area contributed by atoms with Gasteiger partial charge in [0.2, 0.25) is 5.82 Å². The summed E-state index contributed by atoms with van der Waals surface area (Å²) in [5.74, 6) is -10.9. The molecule has 35 heavy (non-hydrogen) atoms. The molecule has 0 aliphatic rings. The summed E-state index contributed by atoms with van der Waals surface area (Å²) >= 11 is 0. The van der Waals surface area contributed by atoms with Gasteiger partial charge in [-0.3, -0.25) is 0 Å². The van der Waals surface area contributed by atoms with Gasteiger partial charge in [0.05, 0.1) is 0 Å². The zero-order valence-corrected chi connectivity index (χ0v) is 17.8. The van der Waals surface area contributed by atoms with E-state index in [0.29, 0.717) is 35.9 Å². The highest BCUT2D eigenvalue weighted by molar-refractivity contribution is 5.66. The van der Waals surface area contributed by atoms with E-state index < -0.39 is 57.9 Å². The Balaban J connectivity index is 1.67. The Morgan fingerprint density at radius 2 is 1.14 bits per heavy atom. The maximum Gasteiger partial charge on any atom is 0.432 e. The van der Waals surface area contributed by atoms with Crippen molar-refractivity contribution < 1.29 is 39.9 Å². The van der Waals surface area contributed by atoms with Crippen LogP contribution in [0.4, 0.5) is 35.1 Å². The third-order valence-electron chi connectivity index (χ3n) is 5.23. The molecule has 0 heterocycles. The summed E-state index contributed by atoms with van der Waals surface area (Å²) in [6, 6.07) is 11.3. The Labute approximate surface area is 194 Å². The van der Waals surface area contributed by atoms with E-state index >= 15 is 0 Å². The standard InChI is InChI=1S/C26H14F8O/c1-13-2-4-14(5-3-13)16-11-20(29)23(21(30)12-16)26(33,34)35-22-9-7-17(24(31)25(22)32)15-6-8-18(27)19(28)10-15/h2-12H,1H3. The zero-order valence-electron chi connectivity index (χ0n) is 17.8. The van der Waals surface area contributed by atoms with Gasteiger partial charge in [-0.25, -0.2) is 22.0 Å². The molecule has 0 aliphatic carbocycles. The number of halogens is 8. The molecule has 0 saturated carbocycles. The second-order valence-electron chi connectivity index (χ2n) is 7.67. The van der Waals surface area contributed by atoms with Crippen molar-refractivity contribution in [1.29, 1.82) is 0 Å². The van der Waals surface area contributed by atoms with Crippen molar-refractivity contribution in [1.82, 2.24) is 0 Å². The van der Waals surface area contributed by atoms with Gasteiger partial charge in [-0.15, -0.1) is 0 Å². The third kappa shape index (κ3) is 4.71. The second-order valence-corrected chi connectivity index (χ2v) is 7.67. The summed E-state index contributed by atoms with van der Waals surface area (Å²) in [5.41, 5.74) is -1.43. The molecule has 0 fully saturated rings. The summed E-state index contributed by atoms with van der Waals surface area (Å²) in [6.45, 7) is 1.79. The Bertz CT molecular complexity index is 1390. The average molecular weight is 494 g/mol. The van der Waals surface area contributed by atoms with E-state index in [2.05, 4.69) is 4.74 Å². The van der Waals surface area contributed by atoms with E-state index in [1.807, 2.05) is 0 Å². The highest BCUT2D eigenvalue weighted by Crippen LogP contribution is 2.39. The zero-order chi connectivity index (χ0) is 25.5. The van der Waals surface area contributed by atoms with E-state index in [1.54, 1.807) is 31.2 Å². The van der Waals surface area contributed by atoms with Crippen molar-refractivity contribution in [2.75, 3.05) is 0 Å². The number of alkyl halides is 2. The Morgan fingerprint density at radius 1 is 0.571 bits per heavy atom. The summed E-state index contributed by atoms with van der Waals surface area (Å²) in [7, 11) is 0. The highest BCUT2D eigenvalue weighted by atomic mass is 19.3. The SMILES string of the molecule is Cc1ccc(-c2cc(F)c(C(F)(F)Oc3ccc(-c4ccc(F)c(F)c4)c(F)c3F)c(F)c2)cc1. The molecule has 0 aromatic heterocycles. The number of ether oxygens (including phenoxy) is 1. The molecule has 9 heteroatoms. The predicted molar refractivity (Wildman–Crippen MR) is 113 cm³/mol. The molecular formula is C26H14F8O. The van der Waals surface area contributed by atoms with E-state index in [1.165, 1.54) is 0 Å². The van der Waals surface area contributed by atoms with Crippen LogP contribution in [0.15, 0.2) is 66.7 Å². The first-order valence-electron chi connectivity index (χ1n) is 10.0. The van der Waals surface area contributed by atoms with Crippen molar-refractivity contribution in [3.8, 4) is 28.0 Å². The number of aryl methyl sites for hydroxylation is 1. The van der Waals surface area contributed by atoms with Crippen LogP contribution in [0.1, 0.15) is 11.1 Å². The minimum atomic E-state index is -4.73. The fourth-order valence-corrected chi connectivity index (χ4v) is 3.45. The van der Waals surface area contributed by atoms with E-state index in [0.717, 1.165) is 17.7 Å². The van der Waals surface area contributed by atoms with Gasteiger partial charge in [-0.1, -0.05) is 35.9 Å². The maximum absolute atomic E-state index is 14.7. The Hall–Kier alpha value is -3.88. The van der Waals surface area contributed by atoms with Crippen molar-refractivity contribution >= 4 is 0 Å². The number of benzene rings is 4. The molecule has 0 unspecified atom stereocenters. The van der Waals surface area contributed by atoms with Gasteiger partial charge in [0.1, 0.15) is 17.2 Å². The topological polar surface area (TPSA) is 9.23 Å².